The SMILES string of the molecule is CC(C)C(NC(=O)c1ccc(Cl)c(Cl)c1)C(N)=NO. The molecule has 5 nitrogen and oxygen atoms in total. The molecule has 104 valence electrons. The van der Waals surface area contributed by atoms with Gasteiger partial charge in [-0.2, -0.15) is 0 Å². The van der Waals surface area contributed by atoms with Gasteiger partial charge in [0.15, 0.2) is 5.84 Å². The summed E-state index contributed by atoms with van der Waals surface area (Å²) < 4.78 is 0. The lowest BCUT2D eigenvalue weighted by molar-refractivity contribution is 0.0939. The van der Waals surface area contributed by atoms with Crippen LogP contribution in [0.2, 0.25) is 10.0 Å². The molecule has 0 saturated carbocycles. The van der Waals surface area contributed by atoms with Crippen molar-refractivity contribution in [2.75, 3.05) is 0 Å². The zero-order valence-corrected chi connectivity index (χ0v) is 12.0. The molecule has 0 saturated heterocycles. The lowest BCUT2D eigenvalue weighted by Gasteiger charge is -2.20. The predicted octanol–water partition coefficient (Wildman–Crippen LogP) is 2.49. The van der Waals surface area contributed by atoms with Crippen molar-refractivity contribution in [2.45, 2.75) is 19.9 Å². The first-order valence-corrected chi connectivity index (χ1v) is 6.35. The van der Waals surface area contributed by atoms with E-state index in [1.165, 1.54) is 12.1 Å². The first kappa shape index (κ1) is 15.6. The van der Waals surface area contributed by atoms with E-state index in [4.69, 9.17) is 34.1 Å². The van der Waals surface area contributed by atoms with Gasteiger partial charge in [0.1, 0.15) is 0 Å². The third-order valence-corrected chi connectivity index (χ3v) is 3.31. The molecule has 4 N–H and O–H groups in total. The van der Waals surface area contributed by atoms with Crippen LogP contribution in [0.4, 0.5) is 0 Å². The number of carbonyl (C=O) groups excluding carboxylic acids is 1. The lowest BCUT2D eigenvalue weighted by Crippen LogP contribution is -2.47. The van der Waals surface area contributed by atoms with Crippen LogP contribution >= 0.6 is 23.2 Å². The number of hydrogen-bond acceptors (Lipinski definition) is 3. The first-order chi connectivity index (χ1) is 8.86. The minimum atomic E-state index is -0.563. The standard InChI is InChI=1S/C12H15Cl2N3O2/c1-6(2)10(11(15)17-19)16-12(18)7-3-4-8(13)9(14)5-7/h3-6,10,19H,1-2H3,(H2,15,17)(H,16,18). The van der Waals surface area contributed by atoms with Crippen molar-refractivity contribution in [1.82, 2.24) is 5.32 Å². The van der Waals surface area contributed by atoms with Gasteiger partial charge in [0.2, 0.25) is 0 Å². The molecular formula is C12H15Cl2N3O2. The second-order valence-corrected chi connectivity index (χ2v) is 5.16. The predicted molar refractivity (Wildman–Crippen MR) is 76.0 cm³/mol. The maximum Gasteiger partial charge on any atom is 0.251 e. The van der Waals surface area contributed by atoms with E-state index < -0.39 is 6.04 Å². The summed E-state index contributed by atoms with van der Waals surface area (Å²) in [6.07, 6.45) is 0. The van der Waals surface area contributed by atoms with Gasteiger partial charge in [-0.15, -0.1) is 0 Å². The average Bonchev–Trinajstić information content (AvgIpc) is 2.37. The lowest BCUT2D eigenvalue weighted by atomic mass is 10.0. The summed E-state index contributed by atoms with van der Waals surface area (Å²) >= 11 is 11.6. The van der Waals surface area contributed by atoms with Gasteiger partial charge in [-0.05, 0) is 24.1 Å². The highest BCUT2D eigenvalue weighted by molar-refractivity contribution is 6.42. The minimum Gasteiger partial charge on any atom is -0.409 e. The van der Waals surface area contributed by atoms with Crippen LogP contribution in [0.1, 0.15) is 24.2 Å². The number of nitrogens with one attached hydrogen (secondary N) is 1. The van der Waals surface area contributed by atoms with Gasteiger partial charge in [-0.3, -0.25) is 4.79 Å². The summed E-state index contributed by atoms with van der Waals surface area (Å²) in [7, 11) is 0. The molecule has 0 aliphatic heterocycles. The Bertz CT molecular complexity index is 504. The van der Waals surface area contributed by atoms with Gasteiger partial charge in [-0.25, -0.2) is 0 Å². The van der Waals surface area contributed by atoms with Gasteiger partial charge in [0.05, 0.1) is 16.1 Å². The van der Waals surface area contributed by atoms with Gasteiger partial charge < -0.3 is 16.3 Å². The van der Waals surface area contributed by atoms with E-state index in [1.807, 2.05) is 13.8 Å². The van der Waals surface area contributed by atoms with Crippen LogP contribution in [0.15, 0.2) is 23.4 Å². The molecule has 1 aromatic rings. The molecular weight excluding hydrogens is 289 g/mol. The molecule has 0 aromatic heterocycles. The highest BCUT2D eigenvalue weighted by atomic mass is 35.5. The van der Waals surface area contributed by atoms with Crippen LogP contribution in [-0.4, -0.2) is 23.0 Å². The first-order valence-electron chi connectivity index (χ1n) is 5.60. The maximum atomic E-state index is 12.0. The van der Waals surface area contributed by atoms with Crippen LogP contribution in [-0.2, 0) is 0 Å². The molecule has 7 heteroatoms. The van der Waals surface area contributed by atoms with Gasteiger partial charge >= 0.3 is 0 Å². The average molecular weight is 304 g/mol. The van der Waals surface area contributed by atoms with Gasteiger partial charge in [-0.1, -0.05) is 42.2 Å². The molecule has 0 bridgehead atoms. The van der Waals surface area contributed by atoms with Crippen molar-refractivity contribution < 1.29 is 10.0 Å². The van der Waals surface area contributed by atoms with Crippen molar-refractivity contribution >= 4 is 34.9 Å². The fourth-order valence-corrected chi connectivity index (χ4v) is 1.80. The number of halogens is 2. The fourth-order valence-electron chi connectivity index (χ4n) is 1.51. The molecule has 19 heavy (non-hydrogen) atoms. The van der Waals surface area contributed by atoms with Crippen LogP contribution in [0.3, 0.4) is 0 Å². The Hall–Kier alpha value is -1.46. The number of amides is 1. The molecule has 0 radical (unpaired) electrons. The topological polar surface area (TPSA) is 87.7 Å². The molecule has 0 heterocycles. The van der Waals surface area contributed by atoms with Crippen LogP contribution < -0.4 is 11.1 Å². The van der Waals surface area contributed by atoms with Crippen molar-refractivity contribution in [3.05, 3.63) is 33.8 Å². The Morgan fingerprint density at radius 1 is 1.37 bits per heavy atom. The van der Waals surface area contributed by atoms with Crippen molar-refractivity contribution in [2.24, 2.45) is 16.8 Å². The molecule has 1 amide bonds. The number of nitrogens with two attached hydrogens (primary N) is 1. The fraction of sp³-hybridized carbons (Fsp3) is 0.333. The molecule has 0 spiro atoms. The summed E-state index contributed by atoms with van der Waals surface area (Å²) in [4.78, 5) is 12.0. The molecule has 1 atom stereocenters. The third kappa shape index (κ3) is 4.01. The second kappa shape index (κ2) is 6.63. The summed E-state index contributed by atoms with van der Waals surface area (Å²) in [6, 6.07) is 3.98. The van der Waals surface area contributed by atoms with Crippen molar-refractivity contribution in [3.8, 4) is 0 Å². The minimum absolute atomic E-state index is 0.0253. The molecule has 1 rings (SSSR count). The monoisotopic (exact) mass is 303 g/mol. The highest BCUT2D eigenvalue weighted by Gasteiger charge is 2.21. The maximum absolute atomic E-state index is 12.0. The summed E-state index contributed by atoms with van der Waals surface area (Å²) in [6.45, 7) is 3.69. The second-order valence-electron chi connectivity index (χ2n) is 4.35. The number of carbonyl (C=O) groups is 1. The zero-order valence-electron chi connectivity index (χ0n) is 10.5. The molecule has 0 aliphatic carbocycles. The number of benzene rings is 1. The van der Waals surface area contributed by atoms with E-state index in [1.54, 1.807) is 6.07 Å². The summed E-state index contributed by atoms with van der Waals surface area (Å²) in [5.74, 6) is -0.449. The van der Waals surface area contributed by atoms with Crippen LogP contribution in [0.5, 0.6) is 0 Å². The number of amidine groups is 1. The Morgan fingerprint density at radius 2 is 2.00 bits per heavy atom. The Morgan fingerprint density at radius 3 is 2.47 bits per heavy atom. The van der Waals surface area contributed by atoms with Gasteiger partial charge in [0, 0.05) is 5.56 Å². The molecule has 1 aromatic carbocycles. The Balaban J connectivity index is 2.91. The van der Waals surface area contributed by atoms with E-state index in [0.29, 0.717) is 15.6 Å². The van der Waals surface area contributed by atoms with E-state index in [2.05, 4.69) is 10.5 Å². The zero-order chi connectivity index (χ0) is 14.6. The summed E-state index contributed by atoms with van der Waals surface area (Å²) in [5.41, 5.74) is 5.89. The smallest absolute Gasteiger partial charge is 0.251 e. The van der Waals surface area contributed by atoms with Gasteiger partial charge in [0.25, 0.3) is 5.91 Å². The number of nitrogens with zero attached hydrogens (tertiary/aromatic N) is 1. The van der Waals surface area contributed by atoms with E-state index in [0.717, 1.165) is 0 Å². The quantitative estimate of drug-likeness (QED) is 0.345. The van der Waals surface area contributed by atoms with E-state index in [-0.39, 0.29) is 17.7 Å². The van der Waals surface area contributed by atoms with Crippen LogP contribution in [0, 0.1) is 5.92 Å². The molecule has 0 aliphatic rings. The Labute approximate surface area is 121 Å². The largest absolute Gasteiger partial charge is 0.409 e. The van der Waals surface area contributed by atoms with Crippen LogP contribution in [0.25, 0.3) is 0 Å². The number of oxime groups is 1. The van der Waals surface area contributed by atoms with Crippen molar-refractivity contribution in [1.29, 1.82) is 0 Å². The Kier molecular flexibility index (Phi) is 5.44. The number of hydrogen-bond donors (Lipinski definition) is 3. The van der Waals surface area contributed by atoms with E-state index in [9.17, 15) is 4.79 Å². The highest BCUT2D eigenvalue weighted by Crippen LogP contribution is 2.22. The molecule has 1 unspecified atom stereocenters. The molecule has 0 fully saturated rings. The van der Waals surface area contributed by atoms with E-state index >= 15 is 0 Å². The summed E-state index contributed by atoms with van der Waals surface area (Å²) in [5, 5.41) is 14.9. The number of rotatable bonds is 4. The van der Waals surface area contributed by atoms with Crippen molar-refractivity contribution in [3.63, 3.8) is 0 Å². The normalized spacial score (nSPS) is 13.4. The third-order valence-electron chi connectivity index (χ3n) is 2.57.